The Kier molecular flexibility index (Phi) is 4.89. The second-order valence-electron chi connectivity index (χ2n) is 4.67. The number of aryl methyl sites for hydroxylation is 2. The van der Waals surface area contributed by atoms with Crippen LogP contribution in [-0.2, 0) is 13.0 Å². The van der Waals surface area contributed by atoms with Crippen molar-refractivity contribution >= 4 is 17.4 Å². The highest BCUT2D eigenvalue weighted by Crippen LogP contribution is 2.14. The van der Waals surface area contributed by atoms with Crippen molar-refractivity contribution in [2.24, 2.45) is 5.84 Å². The maximum absolute atomic E-state index is 12.3. The Bertz CT molecular complexity index is 622. The average Bonchev–Trinajstić information content (AvgIpc) is 2.94. The first-order chi connectivity index (χ1) is 10.2. The van der Waals surface area contributed by atoms with E-state index < -0.39 is 0 Å². The summed E-state index contributed by atoms with van der Waals surface area (Å²) in [5.74, 6) is 5.68. The smallest absolute Gasteiger partial charge is 0.255 e. The minimum Gasteiger partial charge on any atom is -0.319 e. The van der Waals surface area contributed by atoms with Crippen molar-refractivity contribution in [1.29, 1.82) is 0 Å². The predicted molar refractivity (Wildman–Crippen MR) is 81.9 cm³/mol. The quantitative estimate of drug-likeness (QED) is 0.556. The molecule has 21 heavy (non-hydrogen) atoms. The number of amides is 1. The molecule has 7 nitrogen and oxygen atoms in total. The van der Waals surface area contributed by atoms with Gasteiger partial charge in [-0.15, -0.1) is 0 Å². The Morgan fingerprint density at radius 2 is 2.19 bits per heavy atom. The van der Waals surface area contributed by atoms with E-state index in [-0.39, 0.29) is 5.91 Å². The van der Waals surface area contributed by atoms with Crippen LogP contribution in [0.5, 0.6) is 0 Å². The second-order valence-corrected chi connectivity index (χ2v) is 4.67. The monoisotopic (exact) mass is 288 g/mol. The van der Waals surface area contributed by atoms with Gasteiger partial charge >= 0.3 is 0 Å². The minimum absolute atomic E-state index is 0.207. The minimum atomic E-state index is -0.207. The molecule has 112 valence electrons. The van der Waals surface area contributed by atoms with Crippen LogP contribution in [0.3, 0.4) is 0 Å². The first kappa shape index (κ1) is 15.0. The van der Waals surface area contributed by atoms with Gasteiger partial charge in [0, 0.05) is 24.0 Å². The van der Waals surface area contributed by atoms with Crippen LogP contribution in [-0.4, -0.2) is 20.7 Å². The summed E-state index contributed by atoms with van der Waals surface area (Å²) in [6, 6.07) is 3.41. The molecule has 2 rings (SSSR count). The molecule has 0 fully saturated rings. The van der Waals surface area contributed by atoms with E-state index >= 15 is 0 Å². The van der Waals surface area contributed by atoms with Gasteiger partial charge in [0.05, 0.1) is 11.9 Å². The zero-order valence-corrected chi connectivity index (χ0v) is 12.3. The number of nitrogens with one attached hydrogen (secondary N) is 2. The second kappa shape index (κ2) is 6.85. The van der Waals surface area contributed by atoms with Crippen LogP contribution in [0.1, 0.15) is 36.3 Å². The van der Waals surface area contributed by atoms with Gasteiger partial charge in [-0.2, -0.15) is 5.10 Å². The van der Waals surface area contributed by atoms with Gasteiger partial charge in [-0.1, -0.05) is 13.3 Å². The number of anilines is 2. The SMILES string of the molecule is CCCc1cc(C(=O)Nc2cnn(CC)c2)cc(NN)n1. The van der Waals surface area contributed by atoms with E-state index in [0.29, 0.717) is 17.1 Å². The third-order valence-corrected chi connectivity index (χ3v) is 3.01. The van der Waals surface area contributed by atoms with E-state index in [4.69, 9.17) is 5.84 Å². The maximum atomic E-state index is 12.3. The first-order valence-electron chi connectivity index (χ1n) is 6.97. The summed E-state index contributed by atoms with van der Waals surface area (Å²) in [5, 5.41) is 6.93. The molecule has 0 radical (unpaired) electrons. The number of nitrogen functional groups attached to an aromatic ring is 1. The standard InChI is InChI=1S/C14H20N6O/c1-3-5-11-6-10(7-13(17-11)19-15)14(21)18-12-8-16-20(4-2)9-12/h6-9H,3-5,15H2,1-2H3,(H,17,19)(H,18,21). The molecule has 1 amide bonds. The van der Waals surface area contributed by atoms with Gasteiger partial charge in [0.1, 0.15) is 5.82 Å². The number of rotatable bonds is 6. The molecule has 2 aromatic heterocycles. The van der Waals surface area contributed by atoms with Crippen LogP contribution in [0, 0.1) is 0 Å². The predicted octanol–water partition coefficient (Wildman–Crippen LogP) is 1.79. The maximum Gasteiger partial charge on any atom is 0.255 e. The Morgan fingerprint density at radius 3 is 2.81 bits per heavy atom. The van der Waals surface area contributed by atoms with Crippen molar-refractivity contribution in [2.45, 2.75) is 33.2 Å². The molecule has 2 aromatic rings. The summed E-state index contributed by atoms with van der Waals surface area (Å²) in [7, 11) is 0. The highest BCUT2D eigenvalue weighted by molar-refractivity contribution is 6.04. The molecule has 4 N–H and O–H groups in total. The van der Waals surface area contributed by atoms with Crippen LogP contribution in [0.15, 0.2) is 24.5 Å². The van der Waals surface area contributed by atoms with Gasteiger partial charge in [0.2, 0.25) is 0 Å². The highest BCUT2D eigenvalue weighted by atomic mass is 16.1. The fraction of sp³-hybridized carbons (Fsp3) is 0.357. The molecule has 0 aliphatic rings. The molecule has 0 bridgehead atoms. The Morgan fingerprint density at radius 1 is 1.38 bits per heavy atom. The van der Waals surface area contributed by atoms with Crippen molar-refractivity contribution in [2.75, 3.05) is 10.7 Å². The van der Waals surface area contributed by atoms with E-state index in [0.717, 1.165) is 25.1 Å². The first-order valence-corrected chi connectivity index (χ1v) is 6.97. The summed E-state index contributed by atoms with van der Waals surface area (Å²) in [6.45, 7) is 4.80. The lowest BCUT2D eigenvalue weighted by Crippen LogP contribution is -2.15. The van der Waals surface area contributed by atoms with Crippen molar-refractivity contribution in [1.82, 2.24) is 14.8 Å². The molecule has 0 aromatic carbocycles. The molecule has 0 saturated carbocycles. The Balaban J connectivity index is 2.19. The van der Waals surface area contributed by atoms with Gasteiger partial charge in [-0.25, -0.2) is 10.8 Å². The summed E-state index contributed by atoms with van der Waals surface area (Å²) in [6.07, 6.45) is 5.15. The van der Waals surface area contributed by atoms with E-state index in [1.807, 2.05) is 6.92 Å². The van der Waals surface area contributed by atoms with E-state index in [9.17, 15) is 4.79 Å². The third kappa shape index (κ3) is 3.79. The zero-order valence-electron chi connectivity index (χ0n) is 12.3. The molecular weight excluding hydrogens is 268 g/mol. The molecule has 0 saturated heterocycles. The molecule has 2 heterocycles. The number of carbonyl (C=O) groups excluding carboxylic acids is 1. The number of hydrogen-bond acceptors (Lipinski definition) is 5. The number of nitrogens with two attached hydrogens (primary N) is 1. The summed E-state index contributed by atoms with van der Waals surface area (Å²) < 4.78 is 1.75. The number of hydrazine groups is 1. The van der Waals surface area contributed by atoms with Gasteiger partial charge in [-0.3, -0.25) is 9.48 Å². The van der Waals surface area contributed by atoms with Crippen LogP contribution in [0.25, 0.3) is 0 Å². The number of hydrogen-bond donors (Lipinski definition) is 3. The van der Waals surface area contributed by atoms with Crippen LogP contribution in [0.2, 0.25) is 0 Å². The van der Waals surface area contributed by atoms with Gasteiger partial charge in [0.15, 0.2) is 0 Å². The molecule has 0 aliphatic carbocycles. The van der Waals surface area contributed by atoms with Crippen molar-refractivity contribution in [3.05, 3.63) is 35.8 Å². The van der Waals surface area contributed by atoms with E-state index in [1.165, 1.54) is 0 Å². The lowest BCUT2D eigenvalue weighted by molar-refractivity contribution is 0.102. The van der Waals surface area contributed by atoms with Gasteiger partial charge in [-0.05, 0) is 25.5 Å². The largest absolute Gasteiger partial charge is 0.319 e. The normalized spacial score (nSPS) is 10.4. The topological polar surface area (TPSA) is 97.9 Å². The summed E-state index contributed by atoms with van der Waals surface area (Å²) >= 11 is 0. The number of carbonyl (C=O) groups is 1. The van der Waals surface area contributed by atoms with Crippen LogP contribution in [0.4, 0.5) is 11.5 Å². The zero-order chi connectivity index (χ0) is 15.2. The summed E-state index contributed by atoms with van der Waals surface area (Å²) in [4.78, 5) is 16.6. The highest BCUT2D eigenvalue weighted by Gasteiger charge is 2.11. The molecule has 0 spiro atoms. The molecule has 0 unspecified atom stereocenters. The van der Waals surface area contributed by atoms with Crippen molar-refractivity contribution in [3.8, 4) is 0 Å². The van der Waals surface area contributed by atoms with Crippen LogP contribution < -0.4 is 16.6 Å². The molecular formula is C14H20N6O. The van der Waals surface area contributed by atoms with E-state index in [2.05, 4.69) is 27.7 Å². The molecule has 0 atom stereocenters. The average molecular weight is 288 g/mol. The lowest BCUT2D eigenvalue weighted by atomic mass is 10.1. The van der Waals surface area contributed by atoms with Crippen molar-refractivity contribution < 1.29 is 4.79 Å². The lowest BCUT2D eigenvalue weighted by Gasteiger charge is -2.08. The fourth-order valence-corrected chi connectivity index (χ4v) is 1.98. The summed E-state index contributed by atoms with van der Waals surface area (Å²) in [5.41, 5.74) is 4.51. The van der Waals surface area contributed by atoms with Gasteiger partial charge in [0.25, 0.3) is 5.91 Å². The van der Waals surface area contributed by atoms with Crippen molar-refractivity contribution in [3.63, 3.8) is 0 Å². The Labute approximate surface area is 123 Å². The number of aromatic nitrogens is 3. The third-order valence-electron chi connectivity index (χ3n) is 3.01. The number of pyridine rings is 1. The van der Waals surface area contributed by atoms with E-state index in [1.54, 1.807) is 29.2 Å². The fourth-order valence-electron chi connectivity index (χ4n) is 1.98. The Hall–Kier alpha value is -2.41. The molecule has 7 heteroatoms. The molecule has 0 aliphatic heterocycles. The van der Waals surface area contributed by atoms with Crippen LogP contribution >= 0.6 is 0 Å². The number of nitrogens with zero attached hydrogens (tertiary/aromatic N) is 3. The van der Waals surface area contributed by atoms with Gasteiger partial charge < -0.3 is 10.7 Å².